The Hall–Kier alpha value is -3.17. The lowest BCUT2D eigenvalue weighted by atomic mass is 10.1. The SMILES string of the molecule is CCOC(=O)c1ccc(-c2ccc(/C=N\NC(=O)c3cc4cc(Br)cc(Br)c4o3)o2)cc1. The van der Waals surface area contributed by atoms with Gasteiger partial charge in [0.25, 0.3) is 0 Å². The van der Waals surface area contributed by atoms with Crippen LogP contribution in [0.1, 0.15) is 33.6 Å². The quantitative estimate of drug-likeness (QED) is 0.173. The first-order valence-corrected chi connectivity index (χ1v) is 11.1. The Bertz CT molecular complexity index is 1320. The molecule has 0 aliphatic heterocycles. The molecule has 2 heterocycles. The van der Waals surface area contributed by atoms with Gasteiger partial charge in [-0.15, -0.1) is 0 Å². The highest BCUT2D eigenvalue weighted by Crippen LogP contribution is 2.31. The fourth-order valence-electron chi connectivity index (χ4n) is 2.96. The molecule has 0 aliphatic carbocycles. The molecule has 0 bridgehead atoms. The van der Waals surface area contributed by atoms with E-state index in [-0.39, 0.29) is 11.7 Å². The maximum atomic E-state index is 12.3. The predicted molar refractivity (Wildman–Crippen MR) is 127 cm³/mol. The lowest BCUT2D eigenvalue weighted by Gasteiger charge is -2.02. The molecule has 0 spiro atoms. The monoisotopic (exact) mass is 558 g/mol. The number of nitrogens with zero attached hydrogens (tertiary/aromatic N) is 1. The molecule has 0 atom stereocenters. The Morgan fingerprint density at radius 2 is 1.84 bits per heavy atom. The number of furan rings is 2. The molecular formula is C23H16Br2N2O5. The minimum Gasteiger partial charge on any atom is -0.462 e. The van der Waals surface area contributed by atoms with E-state index in [9.17, 15) is 9.59 Å². The zero-order chi connectivity index (χ0) is 22.7. The van der Waals surface area contributed by atoms with Gasteiger partial charge in [-0.3, -0.25) is 4.79 Å². The predicted octanol–water partition coefficient (Wildman–Crippen LogP) is 6.16. The Kier molecular flexibility index (Phi) is 6.57. The number of amides is 1. The fraction of sp³-hybridized carbons (Fsp3) is 0.0870. The molecule has 0 saturated carbocycles. The number of esters is 1. The van der Waals surface area contributed by atoms with Crippen LogP contribution in [0.15, 0.2) is 77.5 Å². The van der Waals surface area contributed by atoms with Crippen molar-refractivity contribution in [3.63, 3.8) is 0 Å². The largest absolute Gasteiger partial charge is 0.462 e. The van der Waals surface area contributed by atoms with Crippen molar-refractivity contribution >= 4 is 60.9 Å². The second-order valence-electron chi connectivity index (χ2n) is 6.62. The summed E-state index contributed by atoms with van der Waals surface area (Å²) < 4.78 is 17.9. The third-order valence-electron chi connectivity index (χ3n) is 4.42. The summed E-state index contributed by atoms with van der Waals surface area (Å²) >= 11 is 6.82. The van der Waals surface area contributed by atoms with Crippen LogP contribution in [0.5, 0.6) is 0 Å². The van der Waals surface area contributed by atoms with Gasteiger partial charge >= 0.3 is 11.9 Å². The van der Waals surface area contributed by atoms with Crippen LogP contribution in [0.2, 0.25) is 0 Å². The number of nitrogens with one attached hydrogen (secondary N) is 1. The molecule has 0 unspecified atom stereocenters. The van der Waals surface area contributed by atoms with Crippen molar-refractivity contribution in [1.82, 2.24) is 5.43 Å². The fourth-order valence-corrected chi connectivity index (χ4v) is 4.30. The first-order valence-electron chi connectivity index (χ1n) is 9.54. The Balaban J connectivity index is 1.41. The third-order valence-corrected chi connectivity index (χ3v) is 5.47. The maximum absolute atomic E-state index is 12.3. The van der Waals surface area contributed by atoms with Crippen molar-refractivity contribution in [2.45, 2.75) is 6.92 Å². The average Bonchev–Trinajstić information content (AvgIpc) is 3.41. The summed E-state index contributed by atoms with van der Waals surface area (Å²) in [6.07, 6.45) is 1.39. The summed E-state index contributed by atoms with van der Waals surface area (Å²) in [6.45, 7) is 2.08. The van der Waals surface area contributed by atoms with Crippen molar-refractivity contribution in [3.8, 4) is 11.3 Å². The molecule has 162 valence electrons. The van der Waals surface area contributed by atoms with Gasteiger partial charge in [0.05, 0.1) is 22.9 Å². The molecule has 2 aromatic heterocycles. The minimum absolute atomic E-state index is 0.137. The van der Waals surface area contributed by atoms with Crippen LogP contribution in [0.3, 0.4) is 0 Å². The van der Waals surface area contributed by atoms with Crippen molar-refractivity contribution < 1.29 is 23.2 Å². The molecule has 1 N–H and O–H groups in total. The van der Waals surface area contributed by atoms with Crippen LogP contribution in [-0.2, 0) is 4.74 Å². The number of carbonyl (C=O) groups excluding carboxylic acids is 2. The maximum Gasteiger partial charge on any atom is 0.338 e. The van der Waals surface area contributed by atoms with Crippen LogP contribution in [0, 0.1) is 0 Å². The van der Waals surface area contributed by atoms with Gasteiger partial charge in [0.15, 0.2) is 5.76 Å². The van der Waals surface area contributed by atoms with Crippen molar-refractivity contribution in [1.29, 1.82) is 0 Å². The van der Waals surface area contributed by atoms with Gasteiger partial charge in [0.1, 0.15) is 17.1 Å². The van der Waals surface area contributed by atoms with Crippen LogP contribution in [0.25, 0.3) is 22.3 Å². The van der Waals surface area contributed by atoms with Gasteiger partial charge in [-0.1, -0.05) is 28.1 Å². The first-order chi connectivity index (χ1) is 15.4. The van der Waals surface area contributed by atoms with Crippen LogP contribution in [-0.4, -0.2) is 24.7 Å². The number of hydrazone groups is 1. The van der Waals surface area contributed by atoms with E-state index in [4.69, 9.17) is 13.6 Å². The smallest absolute Gasteiger partial charge is 0.338 e. The van der Waals surface area contributed by atoms with E-state index in [0.29, 0.717) is 29.3 Å². The molecule has 0 radical (unpaired) electrons. The van der Waals surface area contributed by atoms with Crippen molar-refractivity contribution in [2.24, 2.45) is 5.10 Å². The van der Waals surface area contributed by atoms with E-state index in [0.717, 1.165) is 19.9 Å². The van der Waals surface area contributed by atoms with E-state index in [1.54, 1.807) is 49.4 Å². The van der Waals surface area contributed by atoms with Gasteiger partial charge < -0.3 is 13.6 Å². The average molecular weight is 560 g/mol. The number of hydrogen-bond acceptors (Lipinski definition) is 6. The van der Waals surface area contributed by atoms with Gasteiger partial charge in [-0.2, -0.15) is 5.10 Å². The summed E-state index contributed by atoms with van der Waals surface area (Å²) in [5.41, 5.74) is 4.26. The van der Waals surface area contributed by atoms with E-state index in [1.807, 2.05) is 12.1 Å². The molecule has 1 amide bonds. The lowest BCUT2D eigenvalue weighted by molar-refractivity contribution is 0.0526. The summed E-state index contributed by atoms with van der Waals surface area (Å²) in [5.74, 6) is 0.332. The summed E-state index contributed by atoms with van der Waals surface area (Å²) in [4.78, 5) is 24.1. The molecule has 7 nitrogen and oxygen atoms in total. The van der Waals surface area contributed by atoms with Crippen LogP contribution >= 0.6 is 31.9 Å². The van der Waals surface area contributed by atoms with Crippen molar-refractivity contribution in [2.75, 3.05) is 6.61 Å². The number of hydrogen-bond donors (Lipinski definition) is 1. The first kappa shape index (κ1) is 22.0. The molecule has 0 aliphatic rings. The van der Waals surface area contributed by atoms with Crippen LogP contribution in [0.4, 0.5) is 0 Å². The molecular weight excluding hydrogens is 544 g/mol. The summed E-state index contributed by atoms with van der Waals surface area (Å²) in [5, 5.41) is 4.71. The third kappa shape index (κ3) is 4.84. The number of fused-ring (bicyclic) bond motifs is 1. The van der Waals surface area contributed by atoms with Crippen LogP contribution < -0.4 is 5.43 Å². The Labute approximate surface area is 199 Å². The minimum atomic E-state index is -0.484. The lowest BCUT2D eigenvalue weighted by Crippen LogP contribution is -2.16. The highest BCUT2D eigenvalue weighted by atomic mass is 79.9. The highest BCUT2D eigenvalue weighted by Gasteiger charge is 2.14. The molecule has 2 aromatic carbocycles. The Morgan fingerprint density at radius 3 is 2.59 bits per heavy atom. The van der Waals surface area contributed by atoms with E-state index in [2.05, 4.69) is 42.4 Å². The van der Waals surface area contributed by atoms with Crippen molar-refractivity contribution in [3.05, 3.63) is 80.6 Å². The number of halogens is 2. The zero-order valence-corrected chi connectivity index (χ0v) is 19.9. The number of rotatable bonds is 6. The van der Waals surface area contributed by atoms with Gasteiger partial charge in [-0.25, -0.2) is 10.2 Å². The van der Waals surface area contributed by atoms with Gasteiger partial charge in [0, 0.05) is 15.4 Å². The number of benzene rings is 2. The highest BCUT2D eigenvalue weighted by molar-refractivity contribution is 9.11. The molecule has 32 heavy (non-hydrogen) atoms. The molecule has 9 heteroatoms. The summed E-state index contributed by atoms with van der Waals surface area (Å²) in [6, 6.07) is 15.7. The van der Waals surface area contributed by atoms with E-state index < -0.39 is 5.91 Å². The second kappa shape index (κ2) is 9.54. The molecule has 4 aromatic rings. The Morgan fingerprint density at radius 1 is 1.06 bits per heavy atom. The van der Waals surface area contributed by atoms with E-state index in [1.165, 1.54) is 6.21 Å². The number of carbonyl (C=O) groups is 2. The van der Waals surface area contributed by atoms with Gasteiger partial charge in [-0.05, 0) is 65.3 Å². The zero-order valence-electron chi connectivity index (χ0n) is 16.7. The standard InChI is InChI=1S/C23H16Br2N2O5/c1-2-30-23(29)14-5-3-13(4-6-14)19-8-7-17(31-19)12-26-27-22(28)20-10-15-9-16(24)11-18(25)21(15)32-20/h3-12H,2H2,1H3,(H,27,28)/b26-12-. The van der Waals surface area contributed by atoms with Gasteiger partial charge in [0.2, 0.25) is 0 Å². The normalized spacial score (nSPS) is 11.2. The topological polar surface area (TPSA) is 94.0 Å². The summed E-state index contributed by atoms with van der Waals surface area (Å²) in [7, 11) is 0. The molecule has 4 rings (SSSR count). The molecule has 0 saturated heterocycles. The number of ether oxygens (including phenoxy) is 1. The van der Waals surface area contributed by atoms with E-state index >= 15 is 0 Å². The molecule has 0 fully saturated rings. The second-order valence-corrected chi connectivity index (χ2v) is 8.39.